The van der Waals surface area contributed by atoms with Gasteiger partial charge in [0, 0.05) is 30.1 Å². The number of hydrogen-bond donors (Lipinski definition) is 3. The van der Waals surface area contributed by atoms with Crippen LogP contribution in [0.2, 0.25) is 0 Å². The normalized spacial score (nSPS) is 9.88. The molecular formula is C10H9N3O4. The summed E-state index contributed by atoms with van der Waals surface area (Å²) in [5, 5.41) is 8.26. The molecule has 2 amide bonds. The Labute approximate surface area is 96.1 Å². The summed E-state index contributed by atoms with van der Waals surface area (Å²) >= 11 is 0. The topological polar surface area (TPSA) is 108 Å². The molecule has 0 unspecified atom stereocenters. The highest BCUT2D eigenvalue weighted by atomic mass is 16.4. The Balaban J connectivity index is 2.44. The lowest BCUT2D eigenvalue weighted by Gasteiger charge is -2.04. The second-order valence-corrected chi connectivity index (χ2v) is 2.85. The van der Waals surface area contributed by atoms with Gasteiger partial charge in [-0.25, -0.2) is 4.79 Å². The molecule has 0 radical (unpaired) electrons. The number of carboxylic acid groups (broad SMARTS) is 1. The van der Waals surface area contributed by atoms with Gasteiger partial charge in [0.2, 0.25) is 0 Å². The molecule has 1 rings (SSSR count). The minimum absolute atomic E-state index is 0.322. The third-order valence-electron chi connectivity index (χ3n) is 1.62. The number of amides is 2. The zero-order chi connectivity index (χ0) is 12.7. The molecule has 0 saturated carbocycles. The van der Waals surface area contributed by atoms with Crippen molar-refractivity contribution in [2.75, 3.05) is 0 Å². The van der Waals surface area contributed by atoms with Crippen molar-refractivity contribution >= 4 is 17.8 Å². The molecule has 0 aliphatic heterocycles. The van der Waals surface area contributed by atoms with E-state index in [1.54, 1.807) is 0 Å². The molecule has 17 heavy (non-hydrogen) atoms. The Morgan fingerprint density at radius 3 is 2.35 bits per heavy atom. The number of hydrogen-bond acceptors (Lipinski definition) is 4. The van der Waals surface area contributed by atoms with Gasteiger partial charge in [0.25, 0.3) is 11.8 Å². The second-order valence-electron chi connectivity index (χ2n) is 2.85. The van der Waals surface area contributed by atoms with Crippen molar-refractivity contribution in [2.24, 2.45) is 0 Å². The quantitative estimate of drug-likeness (QED) is 0.482. The average Bonchev–Trinajstić information content (AvgIpc) is 2.34. The Morgan fingerprint density at radius 2 is 1.76 bits per heavy atom. The zero-order valence-electron chi connectivity index (χ0n) is 8.58. The van der Waals surface area contributed by atoms with Crippen molar-refractivity contribution in [3.63, 3.8) is 0 Å². The number of pyridine rings is 1. The number of hydrazine groups is 1. The molecule has 1 aromatic heterocycles. The van der Waals surface area contributed by atoms with E-state index < -0.39 is 17.8 Å². The molecule has 88 valence electrons. The Hall–Kier alpha value is -2.70. The Kier molecular flexibility index (Phi) is 4.37. The maximum absolute atomic E-state index is 11.4. The van der Waals surface area contributed by atoms with Gasteiger partial charge in [-0.2, -0.15) is 0 Å². The number of rotatable bonds is 3. The maximum atomic E-state index is 11.4. The second kappa shape index (κ2) is 6.01. The van der Waals surface area contributed by atoms with Crippen LogP contribution in [0.15, 0.2) is 36.7 Å². The predicted octanol–water partition coefficient (Wildman–Crippen LogP) is -0.517. The van der Waals surface area contributed by atoms with Gasteiger partial charge in [0.05, 0.1) is 0 Å². The summed E-state index contributed by atoms with van der Waals surface area (Å²) in [6.45, 7) is 0. The lowest BCUT2D eigenvalue weighted by atomic mass is 10.3. The Bertz CT molecular complexity index is 456. The highest BCUT2D eigenvalue weighted by Crippen LogP contribution is 1.94. The lowest BCUT2D eigenvalue weighted by molar-refractivity contribution is -0.131. The summed E-state index contributed by atoms with van der Waals surface area (Å²) < 4.78 is 0. The van der Waals surface area contributed by atoms with Crippen LogP contribution >= 0.6 is 0 Å². The van der Waals surface area contributed by atoms with E-state index in [-0.39, 0.29) is 0 Å². The third kappa shape index (κ3) is 4.56. The van der Waals surface area contributed by atoms with E-state index in [1.165, 1.54) is 24.5 Å². The molecule has 0 aliphatic rings. The molecule has 0 bridgehead atoms. The largest absolute Gasteiger partial charge is 0.478 e. The van der Waals surface area contributed by atoms with E-state index in [0.29, 0.717) is 11.6 Å². The van der Waals surface area contributed by atoms with Crippen molar-refractivity contribution in [1.82, 2.24) is 15.8 Å². The number of carbonyl (C=O) groups excluding carboxylic acids is 2. The van der Waals surface area contributed by atoms with E-state index >= 15 is 0 Å². The van der Waals surface area contributed by atoms with Crippen molar-refractivity contribution in [1.29, 1.82) is 0 Å². The van der Waals surface area contributed by atoms with Crippen molar-refractivity contribution in [2.45, 2.75) is 0 Å². The van der Waals surface area contributed by atoms with E-state index in [1.807, 2.05) is 5.43 Å². The molecule has 7 nitrogen and oxygen atoms in total. The summed E-state index contributed by atoms with van der Waals surface area (Å²) in [6, 6.07) is 2.93. The van der Waals surface area contributed by atoms with Gasteiger partial charge >= 0.3 is 5.97 Å². The number of aromatic nitrogens is 1. The van der Waals surface area contributed by atoms with Gasteiger partial charge in [-0.3, -0.25) is 25.4 Å². The van der Waals surface area contributed by atoms with Gasteiger partial charge in [-0.1, -0.05) is 0 Å². The number of nitrogens with one attached hydrogen (secondary N) is 2. The number of carboxylic acids is 1. The van der Waals surface area contributed by atoms with Crippen LogP contribution in [0.3, 0.4) is 0 Å². The fourth-order valence-corrected chi connectivity index (χ4v) is 0.882. The first-order chi connectivity index (χ1) is 8.09. The smallest absolute Gasteiger partial charge is 0.328 e. The maximum Gasteiger partial charge on any atom is 0.328 e. The third-order valence-corrected chi connectivity index (χ3v) is 1.62. The average molecular weight is 235 g/mol. The minimum Gasteiger partial charge on any atom is -0.478 e. The van der Waals surface area contributed by atoms with Crippen LogP contribution in [0.1, 0.15) is 10.4 Å². The summed E-state index contributed by atoms with van der Waals surface area (Å²) in [4.78, 5) is 36.2. The first kappa shape index (κ1) is 12.4. The summed E-state index contributed by atoms with van der Waals surface area (Å²) in [5.74, 6) is -2.51. The van der Waals surface area contributed by atoms with Crippen LogP contribution in [0.25, 0.3) is 0 Å². The molecule has 3 N–H and O–H groups in total. The van der Waals surface area contributed by atoms with Crippen molar-refractivity contribution < 1.29 is 19.5 Å². The van der Waals surface area contributed by atoms with Gasteiger partial charge < -0.3 is 5.11 Å². The molecule has 1 aromatic rings. The Morgan fingerprint density at radius 1 is 1.12 bits per heavy atom. The number of aliphatic carboxylic acids is 1. The highest BCUT2D eigenvalue weighted by Gasteiger charge is 2.04. The monoisotopic (exact) mass is 235 g/mol. The minimum atomic E-state index is -1.25. The van der Waals surface area contributed by atoms with Crippen LogP contribution in [0.4, 0.5) is 0 Å². The van der Waals surface area contributed by atoms with Crippen LogP contribution in [-0.2, 0) is 9.59 Å². The SMILES string of the molecule is O=C(O)C=CC(=O)NNC(=O)c1ccncc1. The first-order valence-corrected chi connectivity index (χ1v) is 4.51. The predicted molar refractivity (Wildman–Crippen MR) is 56.6 cm³/mol. The molecule has 0 atom stereocenters. The van der Waals surface area contributed by atoms with E-state index in [0.717, 1.165) is 6.08 Å². The molecule has 0 saturated heterocycles. The molecule has 0 fully saturated rings. The molecule has 0 aromatic carbocycles. The van der Waals surface area contributed by atoms with E-state index in [9.17, 15) is 14.4 Å². The van der Waals surface area contributed by atoms with Gasteiger partial charge in [0.1, 0.15) is 0 Å². The number of nitrogens with zero attached hydrogens (tertiary/aromatic N) is 1. The zero-order valence-corrected chi connectivity index (χ0v) is 8.58. The summed E-state index contributed by atoms with van der Waals surface area (Å²) in [7, 11) is 0. The van der Waals surface area contributed by atoms with Crippen LogP contribution in [-0.4, -0.2) is 27.9 Å². The highest BCUT2D eigenvalue weighted by molar-refractivity contribution is 5.98. The van der Waals surface area contributed by atoms with Crippen LogP contribution < -0.4 is 10.9 Å². The molecule has 0 spiro atoms. The standard InChI is InChI=1S/C10H9N3O4/c14-8(1-2-9(15)16)12-13-10(17)7-3-5-11-6-4-7/h1-6H,(H,12,14)(H,13,17)(H,15,16). The molecule has 0 aliphatic carbocycles. The fraction of sp³-hybridized carbons (Fsp3) is 0. The van der Waals surface area contributed by atoms with Crippen molar-refractivity contribution in [3.05, 3.63) is 42.2 Å². The van der Waals surface area contributed by atoms with Gasteiger partial charge in [-0.15, -0.1) is 0 Å². The van der Waals surface area contributed by atoms with E-state index in [2.05, 4.69) is 10.4 Å². The van der Waals surface area contributed by atoms with E-state index in [4.69, 9.17) is 5.11 Å². The summed E-state index contributed by atoms with van der Waals surface area (Å²) in [6.07, 6.45) is 4.31. The first-order valence-electron chi connectivity index (χ1n) is 4.51. The van der Waals surface area contributed by atoms with Crippen LogP contribution in [0.5, 0.6) is 0 Å². The number of carbonyl (C=O) groups is 3. The van der Waals surface area contributed by atoms with Gasteiger partial charge in [-0.05, 0) is 12.1 Å². The van der Waals surface area contributed by atoms with Crippen LogP contribution in [0, 0.1) is 0 Å². The molecule has 1 heterocycles. The fourth-order valence-electron chi connectivity index (χ4n) is 0.882. The molecule has 7 heteroatoms. The van der Waals surface area contributed by atoms with Crippen molar-refractivity contribution in [3.8, 4) is 0 Å². The van der Waals surface area contributed by atoms with Gasteiger partial charge in [0.15, 0.2) is 0 Å². The summed E-state index contributed by atoms with van der Waals surface area (Å²) in [5.41, 5.74) is 4.46. The lowest BCUT2D eigenvalue weighted by Crippen LogP contribution is -2.40. The molecular weight excluding hydrogens is 226 g/mol.